The molecule has 1 aromatic carbocycles. The van der Waals surface area contributed by atoms with Crippen LogP contribution in [0.1, 0.15) is 18.1 Å². The first-order valence-electron chi connectivity index (χ1n) is 3.89. The van der Waals surface area contributed by atoms with Gasteiger partial charge in [-0.25, -0.2) is 4.39 Å². The van der Waals surface area contributed by atoms with Gasteiger partial charge in [-0.3, -0.25) is 0 Å². The molecule has 0 saturated heterocycles. The summed E-state index contributed by atoms with van der Waals surface area (Å²) in [6.07, 6.45) is 5.10. The summed E-state index contributed by atoms with van der Waals surface area (Å²) in [5.41, 5.74) is 0.614. The van der Waals surface area contributed by atoms with Crippen LogP contribution in [0.25, 0.3) is 0 Å². The highest BCUT2D eigenvalue weighted by Gasteiger charge is 2.12. The van der Waals surface area contributed by atoms with Crippen LogP contribution in [-0.4, -0.2) is 11.7 Å². The number of benzene rings is 1. The first kappa shape index (κ1) is 9.76. The average Bonchev–Trinajstić information content (AvgIpc) is 2.17. The topological polar surface area (TPSA) is 20.2 Å². The van der Waals surface area contributed by atoms with Gasteiger partial charge in [-0.1, -0.05) is 25.0 Å². The third-order valence-electron chi connectivity index (χ3n) is 1.85. The maximum absolute atomic E-state index is 13.4. The second-order valence-corrected chi connectivity index (χ2v) is 2.75. The van der Waals surface area contributed by atoms with Crippen molar-refractivity contribution >= 4 is 0 Å². The van der Waals surface area contributed by atoms with Gasteiger partial charge in [0.25, 0.3) is 0 Å². The van der Waals surface area contributed by atoms with Crippen LogP contribution < -0.4 is 0 Å². The molecule has 0 bridgehead atoms. The van der Waals surface area contributed by atoms with Gasteiger partial charge in [-0.05, 0) is 11.6 Å². The van der Waals surface area contributed by atoms with Crippen molar-refractivity contribution in [3.8, 4) is 12.3 Å². The van der Waals surface area contributed by atoms with Crippen LogP contribution in [0.4, 0.5) is 4.39 Å². The van der Waals surface area contributed by atoms with E-state index >= 15 is 0 Å². The number of hydrogen-bond acceptors (Lipinski definition) is 1. The van der Waals surface area contributed by atoms with E-state index in [0.717, 1.165) is 0 Å². The summed E-state index contributed by atoms with van der Waals surface area (Å²) in [5.74, 6) is 2.39. The Balaban J connectivity index is 3.17. The zero-order chi connectivity index (χ0) is 9.84. The third-order valence-corrected chi connectivity index (χ3v) is 1.85. The highest BCUT2D eigenvalue weighted by molar-refractivity contribution is 5.42. The van der Waals surface area contributed by atoms with Crippen molar-refractivity contribution in [2.24, 2.45) is 0 Å². The van der Waals surface area contributed by atoms with Crippen molar-refractivity contribution in [1.82, 2.24) is 0 Å². The van der Waals surface area contributed by atoms with Crippen molar-refractivity contribution in [2.45, 2.75) is 6.92 Å². The average molecular weight is 177 g/mol. The predicted octanol–water partition coefficient (Wildman–Crippen LogP) is 1.74. The van der Waals surface area contributed by atoms with Crippen LogP contribution >= 0.6 is 0 Å². The van der Waals surface area contributed by atoms with E-state index in [4.69, 9.17) is 11.5 Å². The summed E-state index contributed by atoms with van der Waals surface area (Å²) in [5, 5.41) is 8.82. The van der Waals surface area contributed by atoms with E-state index < -0.39 is 5.82 Å². The summed E-state index contributed by atoms with van der Waals surface area (Å²) in [4.78, 5) is 0. The molecule has 1 aromatic rings. The maximum atomic E-state index is 13.4. The molecule has 2 heteroatoms. The number of terminal acetylenes is 1. The Hall–Kier alpha value is -1.33. The first-order chi connectivity index (χ1) is 6.20. The molecule has 0 aromatic heterocycles. The van der Waals surface area contributed by atoms with E-state index in [1.54, 1.807) is 19.1 Å². The van der Waals surface area contributed by atoms with Gasteiger partial charge in [-0.15, -0.1) is 6.42 Å². The molecule has 1 N–H and O–H groups in total. The highest BCUT2D eigenvalue weighted by Crippen LogP contribution is 2.19. The fraction of sp³-hybridized carbons (Fsp3) is 0.182. The Morgan fingerprint density at radius 3 is 2.85 bits per heavy atom. The maximum Gasteiger partial charge on any atom is 0.142 e. The van der Waals surface area contributed by atoms with Gasteiger partial charge in [0.05, 0.1) is 12.2 Å². The summed E-state index contributed by atoms with van der Waals surface area (Å²) in [6, 6.07) is 4.80. The Labute approximate surface area is 77.2 Å². The fourth-order valence-corrected chi connectivity index (χ4v) is 1.06. The van der Waals surface area contributed by atoms with Gasteiger partial charge in [0.2, 0.25) is 0 Å². The van der Waals surface area contributed by atoms with Gasteiger partial charge in [0.15, 0.2) is 0 Å². The number of hydrogen-bond donors (Lipinski definition) is 1. The third kappa shape index (κ3) is 1.88. The van der Waals surface area contributed by atoms with Crippen molar-refractivity contribution < 1.29 is 9.50 Å². The SMILES string of the molecule is C#Cc1cccc([C](C)CO)c1F. The lowest BCUT2D eigenvalue weighted by Crippen LogP contribution is -2.04. The minimum absolute atomic E-state index is 0.162. The van der Waals surface area contributed by atoms with E-state index in [0.29, 0.717) is 11.5 Å². The van der Waals surface area contributed by atoms with Crippen molar-refractivity contribution in [1.29, 1.82) is 0 Å². The highest BCUT2D eigenvalue weighted by atomic mass is 19.1. The monoisotopic (exact) mass is 177 g/mol. The predicted molar refractivity (Wildman–Crippen MR) is 49.4 cm³/mol. The second kappa shape index (κ2) is 4.06. The second-order valence-electron chi connectivity index (χ2n) is 2.75. The quantitative estimate of drug-likeness (QED) is 0.682. The van der Waals surface area contributed by atoms with Crippen molar-refractivity contribution in [2.75, 3.05) is 6.61 Å². The molecular formula is C11H10FO. The molecule has 0 fully saturated rings. The molecule has 0 aliphatic rings. The molecule has 1 nitrogen and oxygen atoms in total. The van der Waals surface area contributed by atoms with Gasteiger partial charge < -0.3 is 5.11 Å². The molecule has 0 aliphatic heterocycles. The Kier molecular flexibility index (Phi) is 3.05. The Bertz CT molecular complexity index is 338. The lowest BCUT2D eigenvalue weighted by molar-refractivity contribution is 0.313. The number of rotatable bonds is 2. The Morgan fingerprint density at radius 2 is 2.31 bits per heavy atom. The van der Waals surface area contributed by atoms with Crippen LogP contribution in [0.5, 0.6) is 0 Å². The normalized spacial score (nSPS) is 10.1. The molecule has 0 heterocycles. The largest absolute Gasteiger partial charge is 0.395 e. The van der Waals surface area contributed by atoms with Crippen LogP contribution in [0.2, 0.25) is 0 Å². The molecule has 1 radical (unpaired) electrons. The van der Waals surface area contributed by atoms with Crippen molar-refractivity contribution in [3.63, 3.8) is 0 Å². The molecule has 0 spiro atoms. The summed E-state index contributed by atoms with van der Waals surface area (Å²) >= 11 is 0. The molecule has 1 rings (SSSR count). The first-order valence-corrected chi connectivity index (χ1v) is 3.89. The lowest BCUT2D eigenvalue weighted by Gasteiger charge is -2.09. The molecule has 0 aliphatic carbocycles. The standard InChI is InChI=1S/C11H10FO/c1-3-9-5-4-6-10(11(9)12)8(2)7-13/h1,4-6,13H,7H2,2H3. The molecule has 0 saturated carbocycles. The van der Waals surface area contributed by atoms with Gasteiger partial charge in [-0.2, -0.15) is 0 Å². The van der Waals surface area contributed by atoms with E-state index in [2.05, 4.69) is 5.92 Å². The smallest absolute Gasteiger partial charge is 0.142 e. The summed E-state index contributed by atoms with van der Waals surface area (Å²) in [6.45, 7) is 1.50. The molecule has 0 amide bonds. The van der Waals surface area contributed by atoms with Crippen LogP contribution in [-0.2, 0) is 0 Å². The number of halogens is 1. The van der Waals surface area contributed by atoms with E-state index in [1.807, 2.05) is 0 Å². The lowest BCUT2D eigenvalue weighted by atomic mass is 9.99. The minimum Gasteiger partial charge on any atom is -0.395 e. The van der Waals surface area contributed by atoms with E-state index in [9.17, 15) is 4.39 Å². The zero-order valence-electron chi connectivity index (χ0n) is 7.34. The van der Waals surface area contributed by atoms with E-state index in [1.165, 1.54) is 6.07 Å². The molecule has 13 heavy (non-hydrogen) atoms. The summed E-state index contributed by atoms with van der Waals surface area (Å²) < 4.78 is 13.4. The molecule has 67 valence electrons. The minimum atomic E-state index is -0.434. The number of aliphatic hydroxyl groups excluding tert-OH is 1. The number of aliphatic hydroxyl groups is 1. The Morgan fingerprint density at radius 1 is 1.62 bits per heavy atom. The van der Waals surface area contributed by atoms with E-state index in [-0.39, 0.29) is 12.2 Å². The fourth-order valence-electron chi connectivity index (χ4n) is 1.06. The summed E-state index contributed by atoms with van der Waals surface area (Å²) in [7, 11) is 0. The van der Waals surface area contributed by atoms with Gasteiger partial charge in [0.1, 0.15) is 5.82 Å². The molecular weight excluding hydrogens is 167 g/mol. The molecule has 0 unspecified atom stereocenters. The van der Waals surface area contributed by atoms with Crippen LogP contribution in [0, 0.1) is 24.1 Å². The van der Waals surface area contributed by atoms with Crippen LogP contribution in [0.15, 0.2) is 18.2 Å². The zero-order valence-corrected chi connectivity index (χ0v) is 7.34. The molecule has 0 atom stereocenters. The van der Waals surface area contributed by atoms with Gasteiger partial charge in [0, 0.05) is 5.92 Å². The van der Waals surface area contributed by atoms with Gasteiger partial charge >= 0.3 is 0 Å². The van der Waals surface area contributed by atoms with Crippen molar-refractivity contribution in [3.05, 3.63) is 41.1 Å². The van der Waals surface area contributed by atoms with Crippen LogP contribution in [0.3, 0.4) is 0 Å².